The summed E-state index contributed by atoms with van der Waals surface area (Å²) in [5.74, 6) is 0. The van der Waals surface area contributed by atoms with Gasteiger partial charge in [0.2, 0.25) is 0 Å². The Hall–Kier alpha value is 0.797. The summed E-state index contributed by atoms with van der Waals surface area (Å²) in [4.78, 5) is 0. The molecule has 0 rings (SSSR count). The first kappa shape index (κ1) is 13.8. The van der Waals surface area contributed by atoms with E-state index in [1.54, 1.807) is 0 Å². The lowest BCUT2D eigenvalue weighted by atomic mass is 10.1. The highest BCUT2D eigenvalue weighted by molar-refractivity contribution is 7.45. The highest BCUT2D eigenvalue weighted by Gasteiger charge is 2.32. The van der Waals surface area contributed by atoms with Gasteiger partial charge in [-0.2, -0.15) is 0 Å². The van der Waals surface area contributed by atoms with Gasteiger partial charge in [-0.1, -0.05) is 52.9 Å². The molecular weight excluding hydrogens is 219 g/mol. The Kier molecular flexibility index (Phi) is 7.57. The van der Waals surface area contributed by atoms with Gasteiger partial charge in [0.25, 0.3) is 6.69 Å². The van der Waals surface area contributed by atoms with E-state index < -0.39 is 6.69 Å². The summed E-state index contributed by atoms with van der Waals surface area (Å²) >= 11 is 12.6. The second kappa shape index (κ2) is 7.14. The first-order valence-electron chi connectivity index (χ1n) is 5.42. The molecule has 0 nitrogen and oxygen atoms in total. The molecule has 80 valence electrons. The Morgan fingerprint density at radius 1 is 1.08 bits per heavy atom. The van der Waals surface area contributed by atoms with Gasteiger partial charge >= 0.3 is 0 Å². The van der Waals surface area contributed by atoms with Gasteiger partial charge in [0.15, 0.2) is 0 Å². The SMILES string of the molecule is CCCCCCC(C)[Si](Cl)(Cl)CC. The van der Waals surface area contributed by atoms with Crippen LogP contribution in [-0.2, 0) is 0 Å². The molecule has 0 saturated heterocycles. The lowest BCUT2D eigenvalue weighted by molar-refractivity contribution is 0.619. The summed E-state index contributed by atoms with van der Waals surface area (Å²) in [6, 6.07) is 0.977. The van der Waals surface area contributed by atoms with E-state index in [4.69, 9.17) is 22.2 Å². The minimum Gasteiger partial charge on any atom is -0.146 e. The molecule has 0 bridgehead atoms. The number of unbranched alkanes of at least 4 members (excludes halogenated alkanes) is 3. The van der Waals surface area contributed by atoms with E-state index in [-0.39, 0.29) is 0 Å². The maximum atomic E-state index is 6.29. The molecule has 0 amide bonds. The average molecular weight is 241 g/mol. The van der Waals surface area contributed by atoms with Gasteiger partial charge in [-0.3, -0.25) is 0 Å². The smallest absolute Gasteiger partial charge is 0.146 e. The Labute approximate surface area is 93.4 Å². The van der Waals surface area contributed by atoms with E-state index in [2.05, 4.69) is 20.8 Å². The second-order valence-electron chi connectivity index (χ2n) is 3.86. The fourth-order valence-corrected chi connectivity index (χ4v) is 3.41. The van der Waals surface area contributed by atoms with Crippen molar-refractivity contribution in [2.75, 3.05) is 0 Å². The first-order valence-corrected chi connectivity index (χ1v) is 9.73. The van der Waals surface area contributed by atoms with Crippen LogP contribution >= 0.6 is 22.2 Å². The Balaban J connectivity index is 3.55. The summed E-state index contributed by atoms with van der Waals surface area (Å²) in [5.41, 5.74) is 0.553. The monoisotopic (exact) mass is 240 g/mol. The van der Waals surface area contributed by atoms with Crippen molar-refractivity contribution in [1.29, 1.82) is 0 Å². The molecule has 0 aromatic heterocycles. The van der Waals surface area contributed by atoms with Crippen LogP contribution in [0.25, 0.3) is 0 Å². The lowest BCUT2D eigenvalue weighted by Crippen LogP contribution is -2.23. The van der Waals surface area contributed by atoms with Crippen molar-refractivity contribution in [3.8, 4) is 0 Å². The zero-order valence-corrected chi connectivity index (χ0v) is 11.6. The molecule has 0 N–H and O–H groups in total. The molecule has 0 aromatic rings. The van der Waals surface area contributed by atoms with Crippen LogP contribution in [0.15, 0.2) is 0 Å². The van der Waals surface area contributed by atoms with E-state index in [0.29, 0.717) is 5.54 Å². The minimum absolute atomic E-state index is 0.553. The molecule has 0 fully saturated rings. The van der Waals surface area contributed by atoms with Crippen molar-refractivity contribution in [2.24, 2.45) is 0 Å². The Morgan fingerprint density at radius 2 is 1.69 bits per heavy atom. The van der Waals surface area contributed by atoms with Crippen molar-refractivity contribution < 1.29 is 0 Å². The van der Waals surface area contributed by atoms with Crippen LogP contribution in [0.3, 0.4) is 0 Å². The molecule has 0 aromatic carbocycles. The number of rotatable bonds is 7. The van der Waals surface area contributed by atoms with Crippen LogP contribution < -0.4 is 0 Å². The Bertz CT molecular complexity index is 126. The molecule has 0 aliphatic rings. The predicted octanol–water partition coefficient (Wildman–Crippen LogP) is 5.29. The van der Waals surface area contributed by atoms with Crippen LogP contribution in [0.2, 0.25) is 11.6 Å². The standard InChI is InChI=1S/C10H22Cl2Si/c1-4-6-7-8-9-10(3)13(11,12)5-2/h10H,4-9H2,1-3H3. The third-order valence-electron chi connectivity index (χ3n) is 2.68. The van der Waals surface area contributed by atoms with E-state index in [0.717, 1.165) is 6.04 Å². The van der Waals surface area contributed by atoms with E-state index >= 15 is 0 Å². The van der Waals surface area contributed by atoms with Gasteiger partial charge in [0, 0.05) is 0 Å². The maximum absolute atomic E-state index is 6.29. The molecule has 1 unspecified atom stereocenters. The summed E-state index contributed by atoms with van der Waals surface area (Å²) in [5, 5.41) is 0. The van der Waals surface area contributed by atoms with E-state index in [1.165, 1.54) is 32.1 Å². The maximum Gasteiger partial charge on any atom is 0.253 e. The number of halogens is 2. The molecule has 0 radical (unpaired) electrons. The molecule has 0 saturated carbocycles. The molecule has 0 heterocycles. The quantitative estimate of drug-likeness (QED) is 0.323. The van der Waals surface area contributed by atoms with E-state index in [1.807, 2.05) is 0 Å². The lowest BCUT2D eigenvalue weighted by Gasteiger charge is -2.22. The molecule has 0 spiro atoms. The third kappa shape index (κ3) is 5.98. The van der Waals surface area contributed by atoms with Gasteiger partial charge in [0.1, 0.15) is 0 Å². The molecule has 13 heavy (non-hydrogen) atoms. The summed E-state index contributed by atoms with van der Waals surface area (Å²) in [6.45, 7) is 4.65. The molecule has 0 aliphatic carbocycles. The fourth-order valence-electron chi connectivity index (χ4n) is 1.44. The van der Waals surface area contributed by atoms with Crippen molar-refractivity contribution in [3.63, 3.8) is 0 Å². The van der Waals surface area contributed by atoms with Gasteiger partial charge < -0.3 is 0 Å². The Morgan fingerprint density at radius 3 is 2.15 bits per heavy atom. The van der Waals surface area contributed by atoms with Crippen molar-refractivity contribution in [2.45, 2.75) is 64.5 Å². The first-order chi connectivity index (χ1) is 6.04. The van der Waals surface area contributed by atoms with Gasteiger partial charge in [-0.25, -0.2) is 0 Å². The molecular formula is C10H22Cl2Si. The van der Waals surface area contributed by atoms with Crippen LogP contribution in [-0.4, -0.2) is 6.69 Å². The van der Waals surface area contributed by atoms with Crippen LogP contribution in [0.4, 0.5) is 0 Å². The van der Waals surface area contributed by atoms with Gasteiger partial charge in [0.05, 0.1) is 0 Å². The van der Waals surface area contributed by atoms with Crippen LogP contribution in [0.5, 0.6) is 0 Å². The molecule has 0 aliphatic heterocycles. The molecule has 3 heteroatoms. The predicted molar refractivity (Wildman–Crippen MR) is 66.1 cm³/mol. The summed E-state index contributed by atoms with van der Waals surface area (Å²) in [7, 11) is 0. The van der Waals surface area contributed by atoms with Crippen molar-refractivity contribution in [3.05, 3.63) is 0 Å². The number of hydrogen-bond donors (Lipinski definition) is 0. The topological polar surface area (TPSA) is 0 Å². The summed E-state index contributed by atoms with van der Waals surface area (Å²) in [6.07, 6.45) is 6.49. The normalized spacial score (nSPS) is 14.5. The minimum atomic E-state index is -1.90. The van der Waals surface area contributed by atoms with Crippen LogP contribution in [0, 0.1) is 0 Å². The fraction of sp³-hybridized carbons (Fsp3) is 1.00. The zero-order valence-electron chi connectivity index (χ0n) is 9.08. The van der Waals surface area contributed by atoms with E-state index in [9.17, 15) is 0 Å². The van der Waals surface area contributed by atoms with Gasteiger partial charge in [-0.05, 0) is 11.6 Å². The second-order valence-corrected chi connectivity index (χ2v) is 11.7. The highest BCUT2D eigenvalue weighted by Crippen LogP contribution is 2.36. The third-order valence-corrected chi connectivity index (χ3v) is 9.20. The number of hydrogen-bond acceptors (Lipinski definition) is 0. The van der Waals surface area contributed by atoms with Crippen molar-refractivity contribution >= 4 is 28.9 Å². The van der Waals surface area contributed by atoms with Crippen LogP contribution in [0.1, 0.15) is 52.9 Å². The summed E-state index contributed by atoms with van der Waals surface area (Å²) < 4.78 is 0. The van der Waals surface area contributed by atoms with Crippen molar-refractivity contribution in [1.82, 2.24) is 0 Å². The van der Waals surface area contributed by atoms with Gasteiger partial charge in [-0.15, -0.1) is 22.2 Å². The zero-order chi connectivity index (χ0) is 10.3. The highest BCUT2D eigenvalue weighted by atomic mass is 35.7. The largest absolute Gasteiger partial charge is 0.253 e. The molecule has 1 atom stereocenters. The average Bonchev–Trinajstić information content (AvgIpc) is 2.12.